The van der Waals surface area contributed by atoms with E-state index in [1.54, 1.807) is 0 Å². The first-order valence-corrected chi connectivity index (χ1v) is 23.7. The molecule has 1 aromatic heterocycles. The highest BCUT2D eigenvalue weighted by atomic mass is 15.1. The zero-order valence-corrected chi connectivity index (χ0v) is 38.1. The summed E-state index contributed by atoms with van der Waals surface area (Å²) in [6, 6.07) is 86.3. The second kappa shape index (κ2) is 17.2. The number of para-hydroxylation sites is 5. The molecule has 0 N–H and O–H groups in total. The third-order valence-electron chi connectivity index (χ3n) is 13.9. The molecule has 1 aliphatic rings. The summed E-state index contributed by atoms with van der Waals surface area (Å²) in [7, 11) is 0. The molecule has 0 saturated heterocycles. The highest BCUT2D eigenvalue weighted by Crippen LogP contribution is 2.59. The molecule has 0 spiro atoms. The third-order valence-corrected chi connectivity index (χ3v) is 13.9. The Bertz CT molecular complexity index is 4040. The molecule has 0 bridgehead atoms. The summed E-state index contributed by atoms with van der Waals surface area (Å²) in [5.41, 5.74) is 13.9. The van der Waals surface area contributed by atoms with Gasteiger partial charge in [-0.05, 0) is 148 Å². The Hall–Kier alpha value is -9.18. The normalized spacial score (nSPS) is 14.8. The predicted molar refractivity (Wildman–Crippen MR) is 293 cm³/mol. The van der Waals surface area contributed by atoms with Gasteiger partial charge in [0.2, 0.25) is 0 Å². The summed E-state index contributed by atoms with van der Waals surface area (Å²) >= 11 is 0. The molecule has 0 saturated carbocycles. The van der Waals surface area contributed by atoms with Crippen LogP contribution in [-0.2, 0) is 5.41 Å². The van der Waals surface area contributed by atoms with Gasteiger partial charge in [0.1, 0.15) is 0 Å². The fourth-order valence-corrected chi connectivity index (χ4v) is 10.9. The highest BCUT2D eigenvalue weighted by molar-refractivity contribution is 6.10. The van der Waals surface area contributed by atoms with Gasteiger partial charge in [-0.15, -0.1) is 0 Å². The molecule has 1 aliphatic carbocycles. The van der Waals surface area contributed by atoms with Crippen molar-refractivity contribution in [2.75, 3.05) is 9.80 Å². The smallest absolute Gasteiger partial charge is 0.0713 e. The average molecular weight is 899 g/mol. The second-order valence-corrected chi connectivity index (χ2v) is 17.7. The van der Waals surface area contributed by atoms with Crippen LogP contribution in [0.15, 0.2) is 285 Å². The molecule has 0 fully saturated rings. The molecule has 1 atom stereocenters. The van der Waals surface area contributed by atoms with E-state index < -0.39 is 11.5 Å². The zero-order valence-electron chi connectivity index (χ0n) is 43.1. The lowest BCUT2D eigenvalue weighted by Crippen LogP contribution is -2.28. The number of nitrogens with zero attached hydrogens (tertiary/aromatic N) is 3. The van der Waals surface area contributed by atoms with E-state index in [0.717, 1.165) is 101 Å². The Balaban J connectivity index is 1.13. The van der Waals surface area contributed by atoms with Crippen molar-refractivity contribution in [3.05, 3.63) is 307 Å². The van der Waals surface area contributed by atoms with E-state index in [-0.39, 0.29) is 29.7 Å². The molecule has 0 amide bonds. The van der Waals surface area contributed by atoms with E-state index in [2.05, 4.69) is 190 Å². The first-order chi connectivity index (χ1) is 36.8. The summed E-state index contributed by atoms with van der Waals surface area (Å²) in [4.78, 5) is 4.50. The summed E-state index contributed by atoms with van der Waals surface area (Å²) in [6.07, 6.45) is 0. The molecule has 13 rings (SSSR count). The molecular weight excluding hydrogens is 847 g/mol. The van der Waals surface area contributed by atoms with Gasteiger partial charge in [-0.1, -0.05) is 182 Å². The van der Waals surface area contributed by atoms with Gasteiger partial charge in [0, 0.05) is 50.6 Å². The summed E-state index contributed by atoms with van der Waals surface area (Å²) in [5, 5.41) is 2.02. The maximum atomic E-state index is 9.92. The topological polar surface area (TPSA) is 11.4 Å². The van der Waals surface area contributed by atoms with Crippen molar-refractivity contribution >= 4 is 55.9 Å². The molecule has 3 heteroatoms. The molecule has 0 aliphatic heterocycles. The lowest BCUT2D eigenvalue weighted by atomic mass is 9.67. The maximum Gasteiger partial charge on any atom is 0.0713 e. The van der Waals surface area contributed by atoms with Crippen molar-refractivity contribution in [3.8, 4) is 27.9 Å². The van der Waals surface area contributed by atoms with Crippen molar-refractivity contribution in [1.29, 1.82) is 0 Å². The molecule has 70 heavy (non-hydrogen) atoms. The van der Waals surface area contributed by atoms with Crippen LogP contribution in [0.25, 0.3) is 49.7 Å². The van der Waals surface area contributed by atoms with E-state index in [9.17, 15) is 5.48 Å². The second-order valence-electron chi connectivity index (χ2n) is 17.7. The van der Waals surface area contributed by atoms with Gasteiger partial charge in [-0.25, -0.2) is 0 Å². The number of fused-ring (bicyclic) bond motifs is 6. The largest absolute Gasteiger partial charge is 0.310 e. The van der Waals surface area contributed by atoms with Crippen LogP contribution in [0.1, 0.15) is 29.1 Å². The number of aromatic nitrogens is 1. The van der Waals surface area contributed by atoms with Gasteiger partial charge in [0.05, 0.1) is 23.3 Å². The minimum Gasteiger partial charge on any atom is -0.310 e. The standard InChI is InChI=1S/C67H47N3/c1-7-21-48(22-8-1)49-35-38-56(39-36-49)69(54-29-15-5-16-30-54)58-41-43-64-61(47-58)60-46-57(68(52-25-11-3-12-26-52)53-27-13-4-14-28-53)40-42-63(60)67(64,50-23-9-2-10-24-50)51-37-44-66-62(45-51)59-33-19-20-34-65(59)70(66)55-31-17-6-18-32-55/h1-47H/i2D,9D,10D,23D,24D. The van der Waals surface area contributed by atoms with E-state index in [0.29, 0.717) is 0 Å². The molecular formula is C67H47N3. The number of hydrogen-bond donors (Lipinski definition) is 0. The van der Waals surface area contributed by atoms with Gasteiger partial charge in [0.15, 0.2) is 0 Å². The van der Waals surface area contributed by atoms with Crippen molar-refractivity contribution in [3.63, 3.8) is 0 Å². The van der Waals surface area contributed by atoms with Crippen molar-refractivity contribution < 1.29 is 6.85 Å². The minimum atomic E-state index is -1.40. The molecule has 1 heterocycles. The van der Waals surface area contributed by atoms with Crippen molar-refractivity contribution in [2.24, 2.45) is 0 Å². The highest BCUT2D eigenvalue weighted by Gasteiger charge is 2.47. The molecule has 0 radical (unpaired) electrons. The molecule has 12 aromatic rings. The van der Waals surface area contributed by atoms with E-state index in [1.165, 1.54) is 0 Å². The summed E-state index contributed by atoms with van der Waals surface area (Å²) in [6.45, 7) is 0. The Morgan fingerprint density at radius 1 is 0.329 bits per heavy atom. The van der Waals surface area contributed by atoms with Crippen molar-refractivity contribution in [2.45, 2.75) is 5.41 Å². The lowest BCUT2D eigenvalue weighted by molar-refractivity contribution is 0.770. The van der Waals surface area contributed by atoms with E-state index in [1.807, 2.05) is 78.9 Å². The Kier molecular flexibility index (Phi) is 8.81. The van der Waals surface area contributed by atoms with Gasteiger partial charge in [-0.2, -0.15) is 0 Å². The van der Waals surface area contributed by atoms with Crippen molar-refractivity contribution in [1.82, 2.24) is 4.57 Å². The minimum absolute atomic E-state index is 0.194. The Morgan fingerprint density at radius 2 is 0.771 bits per heavy atom. The van der Waals surface area contributed by atoms with Crippen LogP contribution in [-0.4, -0.2) is 4.57 Å². The first-order valence-electron chi connectivity index (χ1n) is 26.2. The third kappa shape index (κ3) is 6.74. The molecule has 330 valence electrons. The monoisotopic (exact) mass is 898 g/mol. The number of rotatable bonds is 10. The van der Waals surface area contributed by atoms with Crippen LogP contribution < -0.4 is 9.80 Å². The SMILES string of the molecule is [2H]c1c([2H])c([2H])c(C2(c3ccc4c(c3)c3ccccc3n4-c3ccccc3)c3ccc(N(c4ccccc4)c4ccccc4)cc3-c3cc(N(c4ccccc4)c4ccc(-c5ccccc5)cc4)ccc32)c([2H])c1[2H]. The number of anilines is 6. The van der Waals surface area contributed by atoms with Crippen LogP contribution in [0.3, 0.4) is 0 Å². The molecule has 1 unspecified atom stereocenters. The maximum absolute atomic E-state index is 9.92. The average Bonchev–Trinajstić information content (AvgIpc) is 4.05. The Morgan fingerprint density at radius 3 is 1.33 bits per heavy atom. The number of benzene rings is 11. The van der Waals surface area contributed by atoms with Crippen LogP contribution >= 0.6 is 0 Å². The summed E-state index contributed by atoms with van der Waals surface area (Å²) < 4.78 is 49.5. The zero-order chi connectivity index (χ0) is 50.8. The Labute approximate surface area is 416 Å². The van der Waals surface area contributed by atoms with Gasteiger partial charge >= 0.3 is 0 Å². The van der Waals surface area contributed by atoms with Crippen LogP contribution in [0.5, 0.6) is 0 Å². The van der Waals surface area contributed by atoms with Gasteiger partial charge < -0.3 is 14.4 Å². The van der Waals surface area contributed by atoms with Crippen LogP contribution in [0.2, 0.25) is 0 Å². The van der Waals surface area contributed by atoms with E-state index in [4.69, 9.17) is 1.37 Å². The van der Waals surface area contributed by atoms with Crippen LogP contribution in [0, 0.1) is 0 Å². The summed E-state index contributed by atoms with van der Waals surface area (Å²) in [5.74, 6) is 0. The van der Waals surface area contributed by atoms with Gasteiger partial charge in [0.25, 0.3) is 0 Å². The number of hydrogen-bond acceptors (Lipinski definition) is 2. The van der Waals surface area contributed by atoms with E-state index >= 15 is 0 Å². The lowest BCUT2D eigenvalue weighted by Gasteiger charge is -2.34. The van der Waals surface area contributed by atoms with Gasteiger partial charge in [-0.3, -0.25) is 0 Å². The molecule has 3 nitrogen and oxygen atoms in total. The fourth-order valence-electron chi connectivity index (χ4n) is 10.9. The van der Waals surface area contributed by atoms with Crippen LogP contribution in [0.4, 0.5) is 34.1 Å². The fraction of sp³-hybridized carbons (Fsp3) is 0.0149. The molecule has 11 aromatic carbocycles. The first kappa shape index (κ1) is 35.9. The predicted octanol–water partition coefficient (Wildman–Crippen LogP) is 17.8. The quantitative estimate of drug-likeness (QED) is 0.135.